The van der Waals surface area contributed by atoms with E-state index in [1.54, 1.807) is 12.3 Å². The van der Waals surface area contributed by atoms with Crippen molar-refractivity contribution in [2.24, 2.45) is 0 Å². The van der Waals surface area contributed by atoms with Crippen LogP contribution in [0, 0.1) is 0 Å². The van der Waals surface area contributed by atoms with Crippen molar-refractivity contribution in [1.82, 2.24) is 24.4 Å². The van der Waals surface area contributed by atoms with Gasteiger partial charge in [0.1, 0.15) is 0 Å². The van der Waals surface area contributed by atoms with Crippen molar-refractivity contribution in [2.75, 3.05) is 0 Å². The maximum Gasteiger partial charge on any atom is 0.329 e. The van der Waals surface area contributed by atoms with Crippen LogP contribution in [0.1, 0.15) is 66.7 Å². The van der Waals surface area contributed by atoms with Gasteiger partial charge in [0.05, 0.1) is 23.2 Å². The molecule has 2 aliphatic rings. The van der Waals surface area contributed by atoms with E-state index in [0.29, 0.717) is 30.7 Å². The molecule has 2 fully saturated rings. The van der Waals surface area contributed by atoms with E-state index in [9.17, 15) is 14.4 Å². The Labute approximate surface area is 179 Å². The number of carbonyl (C=O) groups is 1. The molecule has 0 bridgehead atoms. The first-order valence-electron chi connectivity index (χ1n) is 11.0. The minimum absolute atomic E-state index is 0.141. The minimum atomic E-state index is -0.556. The third-order valence-electron chi connectivity index (χ3n) is 5.95. The van der Waals surface area contributed by atoms with E-state index < -0.39 is 11.2 Å². The lowest BCUT2D eigenvalue weighted by molar-refractivity contribution is 0.0729. The van der Waals surface area contributed by atoms with Gasteiger partial charge in [0.25, 0.3) is 11.5 Å². The zero-order chi connectivity index (χ0) is 21.5. The normalized spacial score (nSPS) is 15.9. The van der Waals surface area contributed by atoms with Crippen molar-refractivity contribution >= 4 is 16.9 Å². The molecule has 0 saturated heterocycles. The summed E-state index contributed by atoms with van der Waals surface area (Å²) in [5.41, 5.74) is 1.21. The van der Waals surface area contributed by atoms with Crippen LogP contribution in [-0.4, -0.2) is 36.4 Å². The van der Waals surface area contributed by atoms with Crippen molar-refractivity contribution in [2.45, 2.75) is 64.1 Å². The van der Waals surface area contributed by atoms with Crippen molar-refractivity contribution in [1.29, 1.82) is 0 Å². The Morgan fingerprint density at radius 3 is 2.68 bits per heavy atom. The van der Waals surface area contributed by atoms with Crippen LogP contribution in [0.3, 0.4) is 0 Å². The van der Waals surface area contributed by atoms with Gasteiger partial charge < -0.3 is 4.90 Å². The first kappa shape index (κ1) is 19.7. The molecule has 8 nitrogen and oxygen atoms in total. The fraction of sp³-hybridized carbons (Fsp3) is 0.435. The van der Waals surface area contributed by atoms with Crippen LogP contribution in [0.4, 0.5) is 0 Å². The second-order valence-electron chi connectivity index (χ2n) is 8.46. The number of aromatic nitrogens is 4. The summed E-state index contributed by atoms with van der Waals surface area (Å²) in [7, 11) is 0. The highest BCUT2D eigenvalue weighted by molar-refractivity contribution is 6.05. The van der Waals surface area contributed by atoms with Gasteiger partial charge in [0.15, 0.2) is 5.65 Å². The molecule has 2 aliphatic carbocycles. The molecule has 1 N–H and O–H groups in total. The van der Waals surface area contributed by atoms with E-state index in [1.165, 1.54) is 4.57 Å². The molecule has 31 heavy (non-hydrogen) atoms. The molecule has 160 valence electrons. The zero-order valence-corrected chi connectivity index (χ0v) is 17.5. The molecule has 0 unspecified atom stereocenters. The summed E-state index contributed by atoms with van der Waals surface area (Å²) in [6.07, 6.45) is 6.32. The Hall–Kier alpha value is -3.29. The molecule has 1 amide bonds. The van der Waals surface area contributed by atoms with Gasteiger partial charge in [-0.3, -0.25) is 24.1 Å². The smallest absolute Gasteiger partial charge is 0.329 e. The van der Waals surface area contributed by atoms with Crippen LogP contribution in [0.5, 0.6) is 0 Å². The lowest BCUT2D eigenvalue weighted by atomic mass is 10.1. The Kier molecular flexibility index (Phi) is 4.92. The average molecular weight is 419 g/mol. The van der Waals surface area contributed by atoms with Gasteiger partial charge in [-0.15, -0.1) is 0 Å². The molecular weight excluding hydrogens is 394 g/mol. The third-order valence-corrected chi connectivity index (χ3v) is 5.95. The quantitative estimate of drug-likeness (QED) is 0.634. The number of rotatable bonds is 7. The average Bonchev–Trinajstić information content (AvgIpc) is 3.67. The topological polar surface area (TPSA) is 101 Å². The van der Waals surface area contributed by atoms with Gasteiger partial charge in [-0.2, -0.15) is 0 Å². The first-order valence-corrected chi connectivity index (χ1v) is 11.0. The predicted molar refractivity (Wildman–Crippen MR) is 116 cm³/mol. The van der Waals surface area contributed by atoms with Gasteiger partial charge in [-0.1, -0.05) is 13.0 Å². The standard InChI is InChI=1S/C23H25N5O3/c1-2-11-27-20-19(21(29)26-23(27)31)17(12-18(25-20)14-6-7-14)22(30)28(16-8-9-16)13-15-5-3-4-10-24-15/h3-5,10,12,14,16H,2,6-9,11,13H2,1H3,(H,26,29,31). The molecule has 8 heteroatoms. The number of fused-ring (bicyclic) bond motifs is 1. The molecule has 3 heterocycles. The van der Waals surface area contributed by atoms with Gasteiger partial charge in [0, 0.05) is 30.4 Å². The molecule has 3 aromatic rings. The molecule has 0 radical (unpaired) electrons. The van der Waals surface area contributed by atoms with E-state index in [-0.39, 0.29) is 23.3 Å². The summed E-state index contributed by atoms with van der Waals surface area (Å²) in [6.45, 7) is 2.78. The van der Waals surface area contributed by atoms with E-state index in [2.05, 4.69) is 15.0 Å². The predicted octanol–water partition coefficient (Wildman–Crippen LogP) is 2.57. The largest absolute Gasteiger partial charge is 0.330 e. The summed E-state index contributed by atoms with van der Waals surface area (Å²) in [4.78, 5) is 52.4. The SMILES string of the molecule is CCCn1c(=O)[nH]c(=O)c2c(C(=O)N(Cc3ccccn3)C3CC3)cc(C3CC3)nc21. The number of nitrogens with one attached hydrogen (secondary N) is 1. The number of H-pyrrole nitrogens is 1. The Morgan fingerprint density at radius 2 is 2.03 bits per heavy atom. The second kappa shape index (κ2) is 7.76. The molecule has 0 aromatic carbocycles. The molecule has 0 aliphatic heterocycles. The third kappa shape index (κ3) is 3.78. The highest BCUT2D eigenvalue weighted by Crippen LogP contribution is 2.40. The number of aromatic amines is 1. The number of hydrogen-bond acceptors (Lipinski definition) is 5. The van der Waals surface area contributed by atoms with Crippen LogP contribution in [0.2, 0.25) is 0 Å². The molecule has 0 spiro atoms. The highest BCUT2D eigenvalue weighted by Gasteiger charge is 2.36. The lowest BCUT2D eigenvalue weighted by Gasteiger charge is -2.23. The monoisotopic (exact) mass is 419 g/mol. The summed E-state index contributed by atoms with van der Waals surface area (Å²) >= 11 is 0. The van der Waals surface area contributed by atoms with E-state index in [4.69, 9.17) is 0 Å². The number of nitrogens with zero attached hydrogens (tertiary/aromatic N) is 4. The van der Waals surface area contributed by atoms with Crippen LogP contribution in [-0.2, 0) is 13.1 Å². The maximum atomic E-state index is 13.8. The Bertz CT molecular complexity index is 1260. The summed E-state index contributed by atoms with van der Waals surface area (Å²) < 4.78 is 1.49. The van der Waals surface area contributed by atoms with E-state index in [1.807, 2.05) is 30.0 Å². The molecule has 3 aromatic heterocycles. The van der Waals surface area contributed by atoms with Crippen LogP contribution in [0.25, 0.3) is 11.0 Å². The van der Waals surface area contributed by atoms with Gasteiger partial charge in [-0.05, 0) is 50.3 Å². The number of pyridine rings is 2. The molecular formula is C23H25N5O3. The van der Waals surface area contributed by atoms with Gasteiger partial charge in [-0.25, -0.2) is 9.78 Å². The number of aryl methyl sites for hydroxylation is 1. The van der Waals surface area contributed by atoms with Crippen molar-refractivity contribution in [3.05, 3.63) is 68.3 Å². The van der Waals surface area contributed by atoms with Gasteiger partial charge in [0.2, 0.25) is 0 Å². The fourth-order valence-electron chi connectivity index (χ4n) is 4.06. The van der Waals surface area contributed by atoms with E-state index in [0.717, 1.165) is 37.1 Å². The number of amides is 1. The van der Waals surface area contributed by atoms with Crippen molar-refractivity contribution < 1.29 is 4.79 Å². The zero-order valence-electron chi connectivity index (χ0n) is 17.5. The Balaban J connectivity index is 1.67. The minimum Gasteiger partial charge on any atom is -0.330 e. The molecule has 5 rings (SSSR count). The first-order chi connectivity index (χ1) is 15.1. The molecule has 2 saturated carbocycles. The fourth-order valence-corrected chi connectivity index (χ4v) is 4.06. The van der Waals surface area contributed by atoms with Gasteiger partial charge >= 0.3 is 5.69 Å². The summed E-state index contributed by atoms with van der Waals surface area (Å²) in [5, 5.41) is 0.203. The second-order valence-corrected chi connectivity index (χ2v) is 8.46. The Morgan fingerprint density at radius 1 is 1.23 bits per heavy atom. The number of hydrogen-bond donors (Lipinski definition) is 1. The lowest BCUT2D eigenvalue weighted by Crippen LogP contribution is -2.36. The highest BCUT2D eigenvalue weighted by atomic mass is 16.2. The van der Waals surface area contributed by atoms with Crippen LogP contribution in [0.15, 0.2) is 40.1 Å². The number of carbonyl (C=O) groups excluding carboxylic acids is 1. The maximum absolute atomic E-state index is 13.8. The van der Waals surface area contributed by atoms with Crippen LogP contribution < -0.4 is 11.2 Å². The summed E-state index contributed by atoms with van der Waals surface area (Å²) in [6, 6.07) is 7.56. The van der Waals surface area contributed by atoms with Crippen molar-refractivity contribution in [3.63, 3.8) is 0 Å². The van der Waals surface area contributed by atoms with Crippen LogP contribution >= 0.6 is 0 Å². The molecule has 0 atom stereocenters. The summed E-state index contributed by atoms with van der Waals surface area (Å²) in [5.74, 6) is 0.0835. The van der Waals surface area contributed by atoms with Crippen molar-refractivity contribution in [3.8, 4) is 0 Å². The van der Waals surface area contributed by atoms with E-state index >= 15 is 0 Å².